The zero-order valence-corrected chi connectivity index (χ0v) is 16.5. The number of sulfonamides is 1. The van der Waals surface area contributed by atoms with Gasteiger partial charge in [-0.1, -0.05) is 44.2 Å². The molecule has 0 radical (unpaired) electrons. The third-order valence-corrected chi connectivity index (χ3v) is 5.33. The summed E-state index contributed by atoms with van der Waals surface area (Å²) < 4.78 is 23.6. The van der Waals surface area contributed by atoms with E-state index in [0.29, 0.717) is 10.4 Å². The van der Waals surface area contributed by atoms with Crippen molar-refractivity contribution in [1.29, 1.82) is 0 Å². The summed E-state index contributed by atoms with van der Waals surface area (Å²) in [6.07, 6.45) is 0.766. The normalized spacial score (nSPS) is 12.8. The van der Waals surface area contributed by atoms with Gasteiger partial charge in [0, 0.05) is 4.47 Å². The summed E-state index contributed by atoms with van der Waals surface area (Å²) in [5, 5.41) is 8.16. The van der Waals surface area contributed by atoms with Crippen LogP contribution in [0, 0.1) is 5.92 Å². The van der Waals surface area contributed by atoms with Gasteiger partial charge in [-0.2, -0.15) is 0 Å². The maximum atomic E-state index is 12.7. The second kappa shape index (κ2) is 8.12. The topological polar surface area (TPSA) is 89.3 Å². The Kier molecular flexibility index (Phi) is 6.37. The quantitative estimate of drug-likeness (QED) is 0.741. The van der Waals surface area contributed by atoms with Gasteiger partial charge < -0.3 is 5.32 Å². The first-order valence-corrected chi connectivity index (χ1v) is 10.2. The van der Waals surface area contributed by atoms with E-state index in [1.54, 1.807) is 0 Å². The lowest BCUT2D eigenvalue weighted by Gasteiger charge is -2.21. The van der Waals surface area contributed by atoms with Gasteiger partial charge in [0.05, 0.1) is 16.5 Å². The molecule has 2 aromatic carbocycles. The molecule has 0 fully saturated rings. The Morgan fingerprint density at radius 3 is 2.36 bits per heavy atom. The molecule has 0 saturated heterocycles. The monoisotopic (exact) mass is 424 g/mol. The Bertz CT molecular complexity index is 852. The van der Waals surface area contributed by atoms with Crippen LogP contribution in [0.2, 0.25) is 0 Å². The van der Waals surface area contributed by atoms with Gasteiger partial charge >= 0.3 is 0 Å². The van der Waals surface area contributed by atoms with Crippen LogP contribution in [0.15, 0.2) is 57.9 Å². The molecular weight excluding hydrogens is 404 g/mol. The Morgan fingerprint density at radius 1 is 1.16 bits per heavy atom. The molecule has 2 rings (SSSR count). The molecule has 0 spiro atoms. The number of nitrogens with one attached hydrogen (secondary N) is 1. The molecule has 0 aliphatic rings. The lowest BCUT2D eigenvalue weighted by Crippen LogP contribution is -2.30. The van der Waals surface area contributed by atoms with Gasteiger partial charge in [-0.3, -0.25) is 4.79 Å². The molecule has 25 heavy (non-hydrogen) atoms. The maximum absolute atomic E-state index is 12.7. The molecule has 0 aliphatic heterocycles. The first-order valence-electron chi connectivity index (χ1n) is 7.86. The van der Waals surface area contributed by atoms with Crippen LogP contribution >= 0.6 is 15.9 Å². The number of hydrogen-bond acceptors (Lipinski definition) is 3. The Morgan fingerprint density at radius 2 is 1.80 bits per heavy atom. The van der Waals surface area contributed by atoms with Crippen LogP contribution in [0.25, 0.3) is 0 Å². The second-order valence-corrected chi connectivity index (χ2v) is 8.67. The van der Waals surface area contributed by atoms with Gasteiger partial charge in [-0.05, 0) is 52.0 Å². The average molecular weight is 425 g/mol. The zero-order chi connectivity index (χ0) is 18.6. The molecule has 0 saturated carbocycles. The minimum Gasteiger partial charge on any atom is -0.345 e. The molecule has 0 bridgehead atoms. The van der Waals surface area contributed by atoms with E-state index < -0.39 is 10.0 Å². The van der Waals surface area contributed by atoms with Gasteiger partial charge in [0.25, 0.3) is 5.91 Å². The number of nitrogens with two attached hydrogens (primary N) is 1. The standard InChI is InChI=1S/C18H21BrN2O3S/c1-12(2)10-17(13-6-4-3-5-7-13)21-18(22)15-11-14(25(20,23)24)8-9-16(15)19/h3-9,11-12,17H,10H2,1-2H3,(H,21,22)(H2,20,23,24)/t17-/m0/s1. The molecule has 0 heterocycles. The summed E-state index contributed by atoms with van der Waals surface area (Å²) in [7, 11) is -3.88. The lowest BCUT2D eigenvalue weighted by atomic mass is 9.96. The van der Waals surface area contributed by atoms with Crippen molar-refractivity contribution >= 4 is 31.9 Å². The first-order chi connectivity index (χ1) is 11.7. The van der Waals surface area contributed by atoms with Crippen molar-refractivity contribution in [2.45, 2.75) is 31.2 Å². The molecule has 3 N–H and O–H groups in total. The van der Waals surface area contributed by atoms with E-state index >= 15 is 0 Å². The molecule has 5 nitrogen and oxygen atoms in total. The molecule has 0 aromatic heterocycles. The minimum absolute atomic E-state index is 0.0963. The van der Waals surface area contributed by atoms with Crippen LogP contribution in [-0.2, 0) is 10.0 Å². The van der Waals surface area contributed by atoms with E-state index in [-0.39, 0.29) is 22.4 Å². The number of carbonyl (C=O) groups is 1. The molecule has 134 valence electrons. The third-order valence-electron chi connectivity index (χ3n) is 3.73. The number of benzene rings is 2. The summed E-state index contributed by atoms with van der Waals surface area (Å²) in [5.74, 6) is 0.0246. The molecular formula is C18H21BrN2O3S. The third kappa shape index (κ3) is 5.39. The highest BCUT2D eigenvalue weighted by molar-refractivity contribution is 9.10. The van der Waals surface area contributed by atoms with Crippen LogP contribution in [0.3, 0.4) is 0 Å². The molecule has 2 aromatic rings. The predicted octanol–water partition coefficient (Wildman–Crippen LogP) is 3.61. The lowest BCUT2D eigenvalue weighted by molar-refractivity contribution is 0.0931. The summed E-state index contributed by atoms with van der Waals surface area (Å²) in [6, 6.07) is 13.7. The Labute approximate surface area is 156 Å². The fourth-order valence-electron chi connectivity index (χ4n) is 2.53. The van der Waals surface area contributed by atoms with Crippen molar-refractivity contribution in [3.63, 3.8) is 0 Å². The van der Waals surface area contributed by atoms with Crippen molar-refractivity contribution < 1.29 is 13.2 Å². The van der Waals surface area contributed by atoms with Crippen molar-refractivity contribution in [2.75, 3.05) is 0 Å². The summed E-state index contributed by atoms with van der Waals surface area (Å²) >= 11 is 3.30. The molecule has 1 amide bonds. The number of halogens is 1. The smallest absolute Gasteiger partial charge is 0.252 e. The predicted molar refractivity (Wildman–Crippen MR) is 102 cm³/mol. The summed E-state index contributed by atoms with van der Waals surface area (Å²) in [5.41, 5.74) is 1.24. The van der Waals surface area contributed by atoms with Crippen LogP contribution in [0.5, 0.6) is 0 Å². The van der Waals surface area contributed by atoms with Gasteiger partial charge in [0.15, 0.2) is 0 Å². The van der Waals surface area contributed by atoms with Gasteiger partial charge in [-0.25, -0.2) is 13.6 Å². The minimum atomic E-state index is -3.88. The number of rotatable bonds is 6. The number of primary sulfonamides is 1. The van der Waals surface area contributed by atoms with Gasteiger partial charge in [0.2, 0.25) is 10.0 Å². The SMILES string of the molecule is CC(C)C[C@H](NC(=O)c1cc(S(N)(=O)=O)ccc1Br)c1ccccc1. The molecule has 0 unspecified atom stereocenters. The summed E-state index contributed by atoms with van der Waals surface area (Å²) in [6.45, 7) is 4.17. The van der Waals surface area contributed by atoms with Crippen LogP contribution < -0.4 is 10.5 Å². The Balaban J connectivity index is 2.32. The molecule has 0 aliphatic carbocycles. The summed E-state index contributed by atoms with van der Waals surface area (Å²) in [4.78, 5) is 12.6. The van der Waals surface area contributed by atoms with Crippen LogP contribution in [0.1, 0.15) is 42.2 Å². The maximum Gasteiger partial charge on any atom is 0.252 e. The van der Waals surface area contributed by atoms with E-state index in [1.165, 1.54) is 18.2 Å². The fourth-order valence-corrected chi connectivity index (χ4v) is 3.49. The van der Waals surface area contributed by atoms with Crippen molar-refractivity contribution in [3.8, 4) is 0 Å². The number of hydrogen-bond donors (Lipinski definition) is 2. The highest BCUT2D eigenvalue weighted by Crippen LogP contribution is 2.24. The molecule has 7 heteroatoms. The zero-order valence-electron chi connectivity index (χ0n) is 14.1. The highest BCUT2D eigenvalue weighted by atomic mass is 79.9. The first kappa shape index (κ1) is 19.6. The van der Waals surface area contributed by atoms with Crippen LogP contribution in [-0.4, -0.2) is 14.3 Å². The van der Waals surface area contributed by atoms with Crippen molar-refractivity contribution in [3.05, 3.63) is 64.1 Å². The number of amides is 1. The number of carbonyl (C=O) groups excluding carboxylic acids is 1. The second-order valence-electron chi connectivity index (χ2n) is 6.25. The van der Waals surface area contributed by atoms with Crippen molar-refractivity contribution in [1.82, 2.24) is 5.32 Å². The van der Waals surface area contributed by atoms with E-state index in [2.05, 4.69) is 35.1 Å². The largest absolute Gasteiger partial charge is 0.345 e. The van der Waals surface area contributed by atoms with E-state index in [0.717, 1.165) is 12.0 Å². The Hall–Kier alpha value is -1.70. The highest BCUT2D eigenvalue weighted by Gasteiger charge is 2.20. The van der Waals surface area contributed by atoms with Gasteiger partial charge in [0.1, 0.15) is 0 Å². The molecule has 1 atom stereocenters. The van der Waals surface area contributed by atoms with Crippen LogP contribution in [0.4, 0.5) is 0 Å². The van der Waals surface area contributed by atoms with E-state index in [4.69, 9.17) is 5.14 Å². The van der Waals surface area contributed by atoms with Gasteiger partial charge in [-0.15, -0.1) is 0 Å². The fraction of sp³-hybridized carbons (Fsp3) is 0.278. The van der Waals surface area contributed by atoms with E-state index in [1.807, 2.05) is 30.3 Å². The van der Waals surface area contributed by atoms with Crippen molar-refractivity contribution in [2.24, 2.45) is 11.1 Å². The van der Waals surface area contributed by atoms with E-state index in [9.17, 15) is 13.2 Å². The average Bonchev–Trinajstić information content (AvgIpc) is 2.53.